The number of aromatic nitrogens is 2. The molecule has 148 valence electrons. The highest BCUT2D eigenvalue weighted by molar-refractivity contribution is 8.00. The zero-order valence-corrected chi connectivity index (χ0v) is 18.2. The molecule has 0 unspecified atom stereocenters. The average Bonchev–Trinajstić information content (AvgIpc) is 3.10. The Hall–Kier alpha value is -1.83. The molecule has 0 saturated heterocycles. The van der Waals surface area contributed by atoms with E-state index in [2.05, 4.69) is 31.0 Å². The number of sulfone groups is 1. The zero-order chi connectivity index (χ0) is 20.4. The van der Waals surface area contributed by atoms with Crippen LogP contribution in [0.15, 0.2) is 63.1 Å². The SMILES string of the molecule is CC(C)(C)c1ccc(-c2nnc(SCCS(=O)(=O)c3ccc(Cl)cc3)o2)cc1. The standard InChI is InChI=1S/C20H21ClN2O3S2/c1-20(2,3)15-6-4-14(5-7-15)18-22-23-19(26-18)27-12-13-28(24,25)17-10-8-16(21)9-11-17/h4-11H,12-13H2,1-3H3. The largest absolute Gasteiger partial charge is 0.411 e. The van der Waals surface area contributed by atoms with E-state index in [9.17, 15) is 8.42 Å². The smallest absolute Gasteiger partial charge is 0.276 e. The van der Waals surface area contributed by atoms with Crippen molar-refractivity contribution in [3.63, 3.8) is 0 Å². The molecule has 0 bridgehead atoms. The van der Waals surface area contributed by atoms with Crippen molar-refractivity contribution < 1.29 is 12.8 Å². The third-order valence-corrected chi connectivity index (χ3v) is 7.22. The Balaban J connectivity index is 1.61. The molecular formula is C20H21ClN2O3S2. The van der Waals surface area contributed by atoms with Crippen LogP contribution in [0.5, 0.6) is 0 Å². The van der Waals surface area contributed by atoms with Gasteiger partial charge < -0.3 is 4.42 Å². The molecule has 0 N–H and O–H groups in total. The number of thioether (sulfide) groups is 1. The maximum absolute atomic E-state index is 12.4. The van der Waals surface area contributed by atoms with Crippen molar-refractivity contribution in [2.45, 2.75) is 36.3 Å². The lowest BCUT2D eigenvalue weighted by Crippen LogP contribution is -2.10. The van der Waals surface area contributed by atoms with Crippen LogP contribution in [-0.2, 0) is 15.3 Å². The van der Waals surface area contributed by atoms with Gasteiger partial charge in [-0.05, 0) is 47.4 Å². The molecule has 0 amide bonds. The third-order valence-electron chi connectivity index (χ3n) is 4.15. The van der Waals surface area contributed by atoms with Crippen LogP contribution in [0, 0.1) is 0 Å². The summed E-state index contributed by atoms with van der Waals surface area (Å²) in [4.78, 5) is 0.252. The second-order valence-electron chi connectivity index (χ2n) is 7.32. The predicted molar refractivity (Wildman–Crippen MR) is 113 cm³/mol. The lowest BCUT2D eigenvalue weighted by Gasteiger charge is -2.18. The molecule has 3 rings (SSSR count). The number of rotatable bonds is 6. The molecule has 2 aromatic carbocycles. The van der Waals surface area contributed by atoms with Crippen LogP contribution in [0.25, 0.3) is 11.5 Å². The Labute approximate surface area is 174 Å². The van der Waals surface area contributed by atoms with Crippen LogP contribution in [0.2, 0.25) is 5.02 Å². The molecule has 28 heavy (non-hydrogen) atoms. The predicted octanol–water partition coefficient (Wildman–Crippen LogP) is 5.25. The molecular weight excluding hydrogens is 416 g/mol. The van der Waals surface area contributed by atoms with Crippen molar-refractivity contribution in [2.75, 3.05) is 11.5 Å². The second-order valence-corrected chi connectivity index (χ2v) is 10.9. The maximum atomic E-state index is 12.4. The third kappa shape index (κ3) is 5.16. The van der Waals surface area contributed by atoms with Gasteiger partial charge in [0, 0.05) is 16.3 Å². The fourth-order valence-corrected chi connectivity index (χ4v) is 5.03. The van der Waals surface area contributed by atoms with Crippen LogP contribution in [0.1, 0.15) is 26.3 Å². The molecule has 3 aromatic rings. The van der Waals surface area contributed by atoms with E-state index >= 15 is 0 Å². The van der Waals surface area contributed by atoms with Gasteiger partial charge in [-0.25, -0.2) is 8.42 Å². The molecule has 8 heteroatoms. The van der Waals surface area contributed by atoms with Crippen LogP contribution in [0.4, 0.5) is 0 Å². The highest BCUT2D eigenvalue weighted by Crippen LogP contribution is 2.27. The molecule has 0 aliphatic heterocycles. The minimum absolute atomic E-state index is 0.0305. The second kappa shape index (κ2) is 8.27. The zero-order valence-electron chi connectivity index (χ0n) is 15.8. The van der Waals surface area contributed by atoms with Gasteiger partial charge in [0.05, 0.1) is 10.6 Å². The fraction of sp³-hybridized carbons (Fsp3) is 0.300. The lowest BCUT2D eigenvalue weighted by molar-refractivity contribution is 0.466. The van der Waals surface area contributed by atoms with Gasteiger partial charge in [-0.15, -0.1) is 10.2 Å². The minimum atomic E-state index is -3.38. The molecule has 5 nitrogen and oxygen atoms in total. The monoisotopic (exact) mass is 436 g/mol. The normalized spacial score (nSPS) is 12.3. The number of benzene rings is 2. The van der Waals surface area contributed by atoms with Crippen LogP contribution < -0.4 is 0 Å². The highest BCUT2D eigenvalue weighted by Gasteiger charge is 2.17. The topological polar surface area (TPSA) is 73.1 Å². The Kier molecular flexibility index (Phi) is 6.17. The first-order chi connectivity index (χ1) is 13.1. The summed E-state index contributed by atoms with van der Waals surface area (Å²) < 4.78 is 30.4. The Morgan fingerprint density at radius 1 is 1.00 bits per heavy atom. The van der Waals surface area contributed by atoms with E-state index < -0.39 is 9.84 Å². The molecule has 0 saturated carbocycles. The maximum Gasteiger partial charge on any atom is 0.276 e. The van der Waals surface area contributed by atoms with E-state index in [0.29, 0.717) is 21.9 Å². The van der Waals surface area contributed by atoms with E-state index in [4.69, 9.17) is 16.0 Å². The Morgan fingerprint density at radius 2 is 1.64 bits per heavy atom. The Bertz CT molecular complexity index is 1040. The van der Waals surface area contributed by atoms with Gasteiger partial charge >= 0.3 is 0 Å². The number of hydrogen-bond donors (Lipinski definition) is 0. The average molecular weight is 437 g/mol. The molecule has 0 spiro atoms. The van der Waals surface area contributed by atoms with Crippen molar-refractivity contribution in [1.82, 2.24) is 10.2 Å². The summed E-state index contributed by atoms with van der Waals surface area (Å²) in [5, 5.41) is 8.91. The first-order valence-electron chi connectivity index (χ1n) is 8.71. The van der Waals surface area contributed by atoms with Gasteiger partial charge in [-0.3, -0.25) is 0 Å². The lowest BCUT2D eigenvalue weighted by atomic mass is 9.87. The molecule has 1 aromatic heterocycles. The molecule has 1 heterocycles. The van der Waals surface area contributed by atoms with E-state index in [-0.39, 0.29) is 16.1 Å². The fourth-order valence-electron chi connectivity index (χ4n) is 2.50. The summed E-state index contributed by atoms with van der Waals surface area (Å²) in [5.41, 5.74) is 2.13. The minimum Gasteiger partial charge on any atom is -0.411 e. The molecule has 0 fully saturated rings. The van der Waals surface area contributed by atoms with Crippen molar-refractivity contribution >= 4 is 33.2 Å². The van der Waals surface area contributed by atoms with E-state index in [1.165, 1.54) is 29.5 Å². The van der Waals surface area contributed by atoms with Gasteiger partial charge in [0.1, 0.15) is 0 Å². The van der Waals surface area contributed by atoms with Crippen LogP contribution >= 0.6 is 23.4 Å². The van der Waals surface area contributed by atoms with Crippen molar-refractivity contribution in [3.8, 4) is 11.5 Å². The number of nitrogens with zero attached hydrogens (tertiary/aromatic N) is 2. The van der Waals surface area contributed by atoms with Crippen LogP contribution in [0.3, 0.4) is 0 Å². The molecule has 0 aliphatic rings. The molecule has 0 aliphatic carbocycles. The summed E-state index contributed by atoms with van der Waals surface area (Å²) in [6.45, 7) is 6.46. The molecule has 0 atom stereocenters. The number of hydrogen-bond acceptors (Lipinski definition) is 6. The number of halogens is 1. The summed E-state index contributed by atoms with van der Waals surface area (Å²) in [7, 11) is -3.38. The van der Waals surface area contributed by atoms with Crippen LogP contribution in [-0.4, -0.2) is 30.1 Å². The quantitative estimate of drug-likeness (QED) is 0.491. The summed E-state index contributed by atoms with van der Waals surface area (Å²) >= 11 is 7.03. The summed E-state index contributed by atoms with van der Waals surface area (Å²) in [6, 6.07) is 14.1. The van der Waals surface area contributed by atoms with Gasteiger partial charge in [0.25, 0.3) is 5.22 Å². The van der Waals surface area contributed by atoms with E-state index in [0.717, 1.165) is 5.56 Å². The van der Waals surface area contributed by atoms with Gasteiger partial charge in [0.15, 0.2) is 9.84 Å². The van der Waals surface area contributed by atoms with E-state index in [1.54, 1.807) is 12.1 Å². The first-order valence-corrected chi connectivity index (χ1v) is 11.7. The van der Waals surface area contributed by atoms with Gasteiger partial charge in [-0.2, -0.15) is 0 Å². The molecule has 0 radical (unpaired) electrons. The Morgan fingerprint density at radius 3 is 2.25 bits per heavy atom. The van der Waals surface area contributed by atoms with Gasteiger partial charge in [0.2, 0.25) is 5.89 Å². The highest BCUT2D eigenvalue weighted by atomic mass is 35.5. The van der Waals surface area contributed by atoms with Crippen molar-refractivity contribution in [1.29, 1.82) is 0 Å². The van der Waals surface area contributed by atoms with Crippen molar-refractivity contribution in [2.24, 2.45) is 0 Å². The first kappa shape index (κ1) is 20.9. The van der Waals surface area contributed by atoms with Crippen molar-refractivity contribution in [3.05, 3.63) is 59.1 Å². The summed E-state index contributed by atoms with van der Waals surface area (Å²) in [5.74, 6) is 0.704. The van der Waals surface area contributed by atoms with E-state index in [1.807, 2.05) is 24.3 Å². The van der Waals surface area contributed by atoms with Gasteiger partial charge in [-0.1, -0.05) is 56.3 Å². The summed E-state index contributed by atoms with van der Waals surface area (Å²) in [6.07, 6.45) is 0.